The van der Waals surface area contributed by atoms with E-state index in [9.17, 15) is 0 Å². The van der Waals surface area contributed by atoms with Crippen molar-refractivity contribution >= 4 is 30.1 Å². The van der Waals surface area contributed by atoms with Crippen LogP contribution in [0.4, 0.5) is 5.69 Å². The second kappa shape index (κ2) is 3.55. The predicted molar refractivity (Wildman–Crippen MR) is 67.1 cm³/mol. The molecule has 2 rings (SSSR count). The third kappa shape index (κ3) is 1.93. The topological polar surface area (TPSA) is 12.0 Å². The number of hydrogen-bond acceptors (Lipinski definition) is 3. The van der Waals surface area contributed by atoms with E-state index in [1.54, 1.807) is 11.8 Å². The van der Waals surface area contributed by atoms with Crippen LogP contribution < -0.4 is 5.32 Å². The molecule has 0 aromatic heterocycles. The Hall–Kier alpha value is -0.540. The molecule has 1 atom stereocenters. The fourth-order valence-corrected chi connectivity index (χ4v) is 3.47. The van der Waals surface area contributed by atoms with E-state index >= 15 is 0 Å². The second-order valence-corrected chi connectivity index (χ2v) is 6.05. The van der Waals surface area contributed by atoms with Crippen molar-refractivity contribution in [2.45, 2.75) is 22.4 Å². The van der Waals surface area contributed by atoms with Crippen LogP contribution in [0.3, 0.4) is 0 Å². The second-order valence-electron chi connectivity index (χ2n) is 3.64. The number of hydrogen-bond donors (Lipinski definition) is 2. The highest BCUT2D eigenvalue weighted by atomic mass is 32.2. The first-order chi connectivity index (χ1) is 6.59. The molecular weight excluding hydrogens is 210 g/mol. The van der Waals surface area contributed by atoms with Crippen molar-refractivity contribution in [3.05, 3.63) is 36.4 Å². The van der Waals surface area contributed by atoms with Crippen molar-refractivity contribution in [2.24, 2.45) is 0 Å². The molecule has 0 radical (unpaired) electrons. The molecule has 0 saturated heterocycles. The largest absolute Gasteiger partial charge is 0.361 e. The molecule has 1 unspecified atom stereocenters. The van der Waals surface area contributed by atoms with Gasteiger partial charge in [0.2, 0.25) is 0 Å². The summed E-state index contributed by atoms with van der Waals surface area (Å²) in [5, 5.41) is 3.41. The molecule has 74 valence electrons. The SMILES string of the molecule is C=C(C)CC1(S)Nc2ccccc2S1. The van der Waals surface area contributed by atoms with Gasteiger partial charge in [-0.15, -0.1) is 12.6 Å². The van der Waals surface area contributed by atoms with Crippen molar-refractivity contribution in [3.8, 4) is 0 Å². The molecule has 1 aromatic rings. The van der Waals surface area contributed by atoms with E-state index in [1.807, 2.05) is 19.1 Å². The first-order valence-electron chi connectivity index (χ1n) is 4.52. The van der Waals surface area contributed by atoms with Crippen molar-refractivity contribution in [1.82, 2.24) is 0 Å². The van der Waals surface area contributed by atoms with Crippen LogP contribution in [-0.4, -0.2) is 4.20 Å². The number of anilines is 1. The molecule has 0 spiro atoms. The Kier molecular flexibility index (Phi) is 2.54. The summed E-state index contributed by atoms with van der Waals surface area (Å²) in [5.41, 5.74) is 2.32. The molecular formula is C11H13NS2. The zero-order valence-corrected chi connectivity index (χ0v) is 9.79. The molecule has 1 heterocycles. The van der Waals surface area contributed by atoms with E-state index in [1.165, 1.54) is 10.6 Å². The van der Waals surface area contributed by atoms with Gasteiger partial charge in [-0.05, 0) is 19.1 Å². The zero-order chi connectivity index (χ0) is 10.2. The lowest BCUT2D eigenvalue weighted by Crippen LogP contribution is -2.23. The molecule has 0 fully saturated rings. The number of fused-ring (bicyclic) bond motifs is 1. The van der Waals surface area contributed by atoms with Crippen LogP contribution in [0.2, 0.25) is 0 Å². The van der Waals surface area contributed by atoms with Gasteiger partial charge in [0.1, 0.15) is 4.20 Å². The van der Waals surface area contributed by atoms with Gasteiger partial charge in [0.05, 0.1) is 0 Å². The van der Waals surface area contributed by atoms with Gasteiger partial charge in [0.15, 0.2) is 0 Å². The van der Waals surface area contributed by atoms with Gasteiger partial charge in [-0.2, -0.15) is 0 Å². The van der Waals surface area contributed by atoms with E-state index in [0.717, 1.165) is 12.0 Å². The van der Waals surface area contributed by atoms with Gasteiger partial charge >= 0.3 is 0 Å². The summed E-state index contributed by atoms with van der Waals surface area (Å²) in [4.78, 5) is 1.27. The van der Waals surface area contributed by atoms with E-state index in [-0.39, 0.29) is 4.20 Å². The molecule has 1 N–H and O–H groups in total. The van der Waals surface area contributed by atoms with Crippen LogP contribution in [0.5, 0.6) is 0 Å². The highest BCUT2D eigenvalue weighted by molar-refractivity contribution is 8.12. The maximum atomic E-state index is 4.66. The predicted octanol–water partition coefficient (Wildman–Crippen LogP) is 3.75. The van der Waals surface area contributed by atoms with E-state index < -0.39 is 0 Å². The van der Waals surface area contributed by atoms with Gasteiger partial charge in [-0.25, -0.2) is 0 Å². The van der Waals surface area contributed by atoms with Crippen molar-refractivity contribution in [2.75, 3.05) is 5.32 Å². The van der Waals surface area contributed by atoms with E-state index in [2.05, 4.69) is 36.7 Å². The Balaban J connectivity index is 2.21. The molecule has 0 amide bonds. The van der Waals surface area contributed by atoms with Crippen LogP contribution >= 0.6 is 24.4 Å². The van der Waals surface area contributed by atoms with Crippen molar-refractivity contribution in [1.29, 1.82) is 0 Å². The Morgan fingerprint density at radius 1 is 1.57 bits per heavy atom. The molecule has 1 aliphatic rings. The monoisotopic (exact) mass is 223 g/mol. The van der Waals surface area contributed by atoms with Crippen LogP contribution in [0.25, 0.3) is 0 Å². The Morgan fingerprint density at radius 3 is 2.93 bits per heavy atom. The highest BCUT2D eigenvalue weighted by Crippen LogP contribution is 2.49. The number of nitrogens with one attached hydrogen (secondary N) is 1. The minimum absolute atomic E-state index is 0.213. The van der Waals surface area contributed by atoms with Gasteiger partial charge in [0, 0.05) is 17.0 Å². The van der Waals surface area contributed by atoms with Gasteiger partial charge in [0.25, 0.3) is 0 Å². The summed E-state index contributed by atoms with van der Waals surface area (Å²) in [6.45, 7) is 5.96. The summed E-state index contributed by atoms with van der Waals surface area (Å²) in [7, 11) is 0. The number of thioether (sulfide) groups is 1. The van der Waals surface area contributed by atoms with Gasteiger partial charge in [-0.1, -0.05) is 36.0 Å². The van der Waals surface area contributed by atoms with Gasteiger partial charge < -0.3 is 5.32 Å². The van der Waals surface area contributed by atoms with E-state index in [4.69, 9.17) is 0 Å². The Morgan fingerprint density at radius 2 is 2.29 bits per heavy atom. The Bertz CT molecular complexity index is 348. The van der Waals surface area contributed by atoms with Crippen LogP contribution in [0.15, 0.2) is 41.3 Å². The molecule has 1 nitrogen and oxygen atoms in total. The maximum absolute atomic E-state index is 4.66. The number of para-hydroxylation sites is 1. The molecule has 0 saturated carbocycles. The van der Waals surface area contributed by atoms with Crippen LogP contribution in [-0.2, 0) is 0 Å². The first kappa shape index (κ1) is 9.99. The average molecular weight is 223 g/mol. The molecule has 14 heavy (non-hydrogen) atoms. The third-order valence-electron chi connectivity index (χ3n) is 2.04. The van der Waals surface area contributed by atoms with Gasteiger partial charge in [-0.3, -0.25) is 0 Å². The van der Waals surface area contributed by atoms with Crippen LogP contribution in [0, 0.1) is 0 Å². The third-order valence-corrected chi connectivity index (χ3v) is 3.74. The minimum atomic E-state index is -0.213. The molecule has 1 aliphatic heterocycles. The molecule has 3 heteroatoms. The quantitative estimate of drug-likeness (QED) is 0.585. The molecule has 0 bridgehead atoms. The highest BCUT2D eigenvalue weighted by Gasteiger charge is 2.33. The number of rotatable bonds is 2. The lowest BCUT2D eigenvalue weighted by molar-refractivity contribution is 0.903. The van der Waals surface area contributed by atoms with Crippen molar-refractivity contribution < 1.29 is 0 Å². The summed E-state index contributed by atoms with van der Waals surface area (Å²) in [6.07, 6.45) is 0.870. The lowest BCUT2D eigenvalue weighted by atomic mass is 10.2. The first-order valence-corrected chi connectivity index (χ1v) is 5.78. The molecule has 0 aliphatic carbocycles. The van der Waals surface area contributed by atoms with Crippen LogP contribution in [0.1, 0.15) is 13.3 Å². The molecule has 1 aromatic carbocycles. The fourth-order valence-electron chi connectivity index (χ4n) is 1.57. The summed E-state index contributed by atoms with van der Waals surface area (Å²) < 4.78 is -0.213. The van der Waals surface area contributed by atoms with Crippen molar-refractivity contribution in [3.63, 3.8) is 0 Å². The fraction of sp³-hybridized carbons (Fsp3) is 0.273. The number of thiol groups is 1. The zero-order valence-electron chi connectivity index (χ0n) is 8.08. The summed E-state index contributed by atoms with van der Waals surface area (Å²) in [6, 6.07) is 8.28. The summed E-state index contributed by atoms with van der Waals surface area (Å²) >= 11 is 6.42. The smallest absolute Gasteiger partial charge is 0.136 e. The normalized spacial score (nSPS) is 24.1. The maximum Gasteiger partial charge on any atom is 0.136 e. The van der Waals surface area contributed by atoms with E-state index in [0.29, 0.717) is 0 Å². The Labute approximate surface area is 94.4 Å². The lowest BCUT2D eigenvalue weighted by Gasteiger charge is -2.22. The summed E-state index contributed by atoms with van der Waals surface area (Å²) in [5.74, 6) is 0. The number of benzene rings is 1. The minimum Gasteiger partial charge on any atom is -0.361 e. The average Bonchev–Trinajstić information content (AvgIpc) is 2.38. The standard InChI is InChI=1S/C11H13NS2/c1-8(2)7-11(13)12-9-5-3-4-6-10(9)14-11/h3-6,12-13H,1,7H2,2H3.